The van der Waals surface area contributed by atoms with Crippen LogP contribution in [0.4, 0.5) is 17.6 Å². The summed E-state index contributed by atoms with van der Waals surface area (Å²) in [6.45, 7) is 0.228. The number of aliphatic hydroxyl groups excluding tert-OH is 1. The Hall–Kier alpha value is -4.80. The van der Waals surface area contributed by atoms with Crippen LogP contribution in [-0.4, -0.2) is 51.9 Å². The number of nitrogens with one attached hydrogen (secondary N) is 2. The van der Waals surface area contributed by atoms with E-state index in [1.807, 2.05) is 78.9 Å². The highest BCUT2D eigenvalue weighted by Crippen LogP contribution is 2.33. The summed E-state index contributed by atoms with van der Waals surface area (Å²) < 4.78 is 16.4. The van der Waals surface area contributed by atoms with Crippen molar-refractivity contribution in [1.29, 1.82) is 0 Å². The number of nitrogens with zero attached hydrogens (tertiary/aromatic N) is 4. The Bertz CT molecular complexity index is 1480. The zero-order chi connectivity index (χ0) is 27.0. The molecule has 0 aliphatic rings. The van der Waals surface area contributed by atoms with Crippen LogP contribution in [0.1, 0.15) is 11.7 Å². The number of oxazole rings is 1. The van der Waals surface area contributed by atoms with E-state index in [1.54, 1.807) is 20.4 Å². The lowest BCUT2D eigenvalue weighted by atomic mass is 10.0. The minimum Gasteiger partial charge on any atom is -0.496 e. The van der Waals surface area contributed by atoms with Gasteiger partial charge in [-0.25, -0.2) is 4.98 Å². The molecule has 0 radical (unpaired) electrons. The molecule has 0 aliphatic carbocycles. The minimum absolute atomic E-state index is 0.228. The molecule has 10 heteroatoms. The van der Waals surface area contributed by atoms with E-state index in [-0.39, 0.29) is 12.6 Å². The molecule has 3 aromatic carbocycles. The van der Waals surface area contributed by atoms with E-state index in [1.165, 1.54) is 6.39 Å². The summed E-state index contributed by atoms with van der Waals surface area (Å²) in [6, 6.07) is 24.0. The van der Waals surface area contributed by atoms with Crippen molar-refractivity contribution in [1.82, 2.24) is 19.9 Å². The van der Waals surface area contributed by atoms with Crippen LogP contribution in [0.5, 0.6) is 5.75 Å². The Morgan fingerprint density at radius 3 is 2.33 bits per heavy atom. The van der Waals surface area contributed by atoms with E-state index in [2.05, 4.69) is 30.6 Å². The molecule has 0 saturated carbocycles. The van der Waals surface area contributed by atoms with Gasteiger partial charge in [0.1, 0.15) is 11.9 Å². The molecule has 0 spiro atoms. The number of hydrogen-bond donors (Lipinski definition) is 3. The van der Waals surface area contributed by atoms with Gasteiger partial charge in [0.25, 0.3) is 0 Å². The van der Waals surface area contributed by atoms with Crippen LogP contribution in [0, 0.1) is 0 Å². The topological polar surface area (TPSA) is 127 Å². The highest BCUT2D eigenvalue weighted by atomic mass is 16.5. The van der Waals surface area contributed by atoms with Crippen molar-refractivity contribution in [3.63, 3.8) is 0 Å². The standard InChI is InChI=1S/C29H28N6O4/c1-37-17-23(26(36)19-9-5-3-6-10-19)32-29-34-27(20-11-7-4-8-12-20)33-28(35-29)31-21-13-14-22(24(15-21)38-2)25-16-30-18-39-25/h3-16,18,23,26,36H,17H2,1-2H3,(H2,31,32,33,34,35)/t23-,26-/m0/s1. The lowest BCUT2D eigenvalue weighted by Gasteiger charge is -2.24. The fraction of sp³-hybridized carbons (Fsp3) is 0.172. The summed E-state index contributed by atoms with van der Waals surface area (Å²) in [6.07, 6.45) is 2.14. The Labute approximate surface area is 225 Å². The largest absolute Gasteiger partial charge is 0.496 e. The fourth-order valence-corrected chi connectivity index (χ4v) is 4.10. The summed E-state index contributed by atoms with van der Waals surface area (Å²) in [5.41, 5.74) is 3.03. The van der Waals surface area contributed by atoms with Crippen LogP contribution in [0.2, 0.25) is 0 Å². The molecule has 0 saturated heterocycles. The fourth-order valence-electron chi connectivity index (χ4n) is 4.10. The molecule has 39 heavy (non-hydrogen) atoms. The van der Waals surface area contributed by atoms with Gasteiger partial charge in [0.2, 0.25) is 11.9 Å². The number of aromatic nitrogens is 4. The first-order valence-corrected chi connectivity index (χ1v) is 12.3. The highest BCUT2D eigenvalue weighted by molar-refractivity contribution is 5.71. The first-order valence-electron chi connectivity index (χ1n) is 12.3. The summed E-state index contributed by atoms with van der Waals surface area (Å²) in [5.74, 6) is 2.25. The molecule has 0 fully saturated rings. The Morgan fingerprint density at radius 2 is 1.64 bits per heavy atom. The van der Waals surface area contributed by atoms with E-state index >= 15 is 0 Å². The van der Waals surface area contributed by atoms with Crippen molar-refractivity contribution in [2.24, 2.45) is 0 Å². The normalized spacial score (nSPS) is 12.5. The van der Waals surface area contributed by atoms with E-state index in [9.17, 15) is 5.11 Å². The van der Waals surface area contributed by atoms with Crippen molar-refractivity contribution in [3.05, 3.63) is 97.0 Å². The molecule has 0 bridgehead atoms. The van der Waals surface area contributed by atoms with Crippen LogP contribution in [0.25, 0.3) is 22.7 Å². The van der Waals surface area contributed by atoms with Gasteiger partial charge in [-0.2, -0.15) is 15.0 Å². The Balaban J connectivity index is 1.48. The maximum Gasteiger partial charge on any atom is 0.232 e. The average Bonchev–Trinajstić information content (AvgIpc) is 3.52. The smallest absolute Gasteiger partial charge is 0.232 e. The molecule has 2 heterocycles. The summed E-state index contributed by atoms with van der Waals surface area (Å²) >= 11 is 0. The monoisotopic (exact) mass is 524 g/mol. The number of ether oxygens (including phenoxy) is 2. The van der Waals surface area contributed by atoms with Gasteiger partial charge in [-0.15, -0.1) is 0 Å². The lowest BCUT2D eigenvalue weighted by Crippen LogP contribution is -2.33. The van der Waals surface area contributed by atoms with Gasteiger partial charge < -0.3 is 29.6 Å². The predicted octanol–water partition coefficient (Wildman–Crippen LogP) is 5.11. The lowest BCUT2D eigenvalue weighted by molar-refractivity contribution is 0.0953. The third-order valence-corrected chi connectivity index (χ3v) is 6.01. The van der Waals surface area contributed by atoms with Gasteiger partial charge in [0.05, 0.1) is 31.5 Å². The maximum atomic E-state index is 11.1. The molecule has 5 aromatic rings. The second-order valence-electron chi connectivity index (χ2n) is 8.64. The van der Waals surface area contributed by atoms with Crippen molar-refractivity contribution in [2.75, 3.05) is 31.5 Å². The molecule has 198 valence electrons. The first kappa shape index (κ1) is 25.8. The molecule has 3 N–H and O–H groups in total. The molecule has 2 aromatic heterocycles. The molecule has 0 amide bonds. The van der Waals surface area contributed by atoms with Crippen LogP contribution < -0.4 is 15.4 Å². The van der Waals surface area contributed by atoms with E-state index in [4.69, 9.17) is 13.9 Å². The van der Waals surface area contributed by atoms with Gasteiger partial charge in [-0.3, -0.25) is 0 Å². The van der Waals surface area contributed by atoms with Crippen molar-refractivity contribution < 1.29 is 19.0 Å². The molecule has 10 nitrogen and oxygen atoms in total. The Morgan fingerprint density at radius 1 is 0.897 bits per heavy atom. The predicted molar refractivity (Wildman–Crippen MR) is 148 cm³/mol. The molecule has 5 rings (SSSR count). The third kappa shape index (κ3) is 6.20. The number of rotatable bonds is 11. The van der Waals surface area contributed by atoms with Crippen LogP contribution in [-0.2, 0) is 4.74 Å². The van der Waals surface area contributed by atoms with Crippen LogP contribution in [0.3, 0.4) is 0 Å². The summed E-state index contributed by atoms with van der Waals surface area (Å²) in [4.78, 5) is 17.9. The van der Waals surface area contributed by atoms with Crippen molar-refractivity contribution in [2.45, 2.75) is 12.1 Å². The highest BCUT2D eigenvalue weighted by Gasteiger charge is 2.23. The molecular weight excluding hydrogens is 496 g/mol. The van der Waals surface area contributed by atoms with Gasteiger partial charge in [-0.05, 0) is 17.7 Å². The quantitative estimate of drug-likeness (QED) is 0.215. The van der Waals surface area contributed by atoms with Crippen LogP contribution in [0.15, 0.2) is 95.9 Å². The molecule has 2 atom stereocenters. The van der Waals surface area contributed by atoms with Gasteiger partial charge in [0.15, 0.2) is 18.0 Å². The second-order valence-corrected chi connectivity index (χ2v) is 8.64. The summed E-state index contributed by atoms with van der Waals surface area (Å²) in [7, 11) is 3.17. The van der Waals surface area contributed by atoms with E-state index in [0.717, 1.165) is 16.7 Å². The average molecular weight is 525 g/mol. The summed E-state index contributed by atoms with van der Waals surface area (Å²) in [5, 5.41) is 17.6. The van der Waals surface area contributed by atoms with Gasteiger partial charge >= 0.3 is 0 Å². The number of methoxy groups -OCH3 is 2. The second kappa shape index (κ2) is 12.2. The van der Waals surface area contributed by atoms with Crippen LogP contribution >= 0.6 is 0 Å². The number of hydrogen-bond acceptors (Lipinski definition) is 10. The van der Waals surface area contributed by atoms with Gasteiger partial charge in [0, 0.05) is 24.4 Å². The SMILES string of the molecule is COC[C@H](Nc1nc(Nc2ccc(-c3cnco3)c(OC)c2)nc(-c2ccccc2)n1)[C@@H](O)c1ccccc1. The maximum absolute atomic E-state index is 11.1. The minimum atomic E-state index is -0.854. The van der Waals surface area contributed by atoms with E-state index in [0.29, 0.717) is 29.0 Å². The Kier molecular flexibility index (Phi) is 8.06. The molecule has 0 aliphatic heterocycles. The zero-order valence-corrected chi connectivity index (χ0v) is 21.5. The number of aliphatic hydroxyl groups is 1. The number of anilines is 3. The van der Waals surface area contributed by atoms with Crippen molar-refractivity contribution in [3.8, 4) is 28.5 Å². The third-order valence-electron chi connectivity index (χ3n) is 6.01. The molecule has 0 unspecified atom stereocenters. The zero-order valence-electron chi connectivity index (χ0n) is 21.5. The van der Waals surface area contributed by atoms with E-state index < -0.39 is 12.1 Å². The molecular formula is C29H28N6O4. The number of benzene rings is 3. The first-order chi connectivity index (χ1) is 19.1. The van der Waals surface area contributed by atoms with Gasteiger partial charge in [-0.1, -0.05) is 60.7 Å². The van der Waals surface area contributed by atoms with Crippen molar-refractivity contribution >= 4 is 17.6 Å².